The fourth-order valence-electron chi connectivity index (χ4n) is 2.58. The van der Waals surface area contributed by atoms with E-state index < -0.39 is 40.6 Å². The van der Waals surface area contributed by atoms with Gasteiger partial charge in [-0.3, -0.25) is 0 Å². The molecule has 1 aliphatic heterocycles. The van der Waals surface area contributed by atoms with Gasteiger partial charge in [0.1, 0.15) is 17.3 Å². The summed E-state index contributed by atoms with van der Waals surface area (Å²) in [5.41, 5.74) is -0.769. The third-order valence-corrected chi connectivity index (χ3v) is 5.19. The number of nitrogens with zero attached hydrogens (tertiary/aromatic N) is 1. The van der Waals surface area contributed by atoms with E-state index in [-0.39, 0.29) is 27.5 Å². The van der Waals surface area contributed by atoms with Crippen LogP contribution in [0.15, 0.2) is 35.2 Å². The lowest BCUT2D eigenvalue weighted by atomic mass is 10.0. The summed E-state index contributed by atoms with van der Waals surface area (Å²) in [6.07, 6.45) is -2.43. The van der Waals surface area contributed by atoms with E-state index in [1.807, 2.05) is 5.92 Å². The summed E-state index contributed by atoms with van der Waals surface area (Å²) >= 11 is -2.82. The maximum atomic E-state index is 13.9. The van der Waals surface area contributed by atoms with E-state index in [9.17, 15) is 27.2 Å². The molecule has 4 nitrogen and oxygen atoms in total. The Morgan fingerprint density at radius 2 is 2.04 bits per heavy atom. The van der Waals surface area contributed by atoms with Gasteiger partial charge in [-0.2, -0.15) is 14.0 Å². The van der Waals surface area contributed by atoms with Gasteiger partial charge in [0, 0.05) is 6.07 Å². The van der Waals surface area contributed by atoms with E-state index in [1.54, 1.807) is 6.07 Å². The molecule has 0 aliphatic carbocycles. The molecule has 2 atom stereocenters. The van der Waals surface area contributed by atoms with Gasteiger partial charge in [0.05, 0.1) is 33.9 Å². The summed E-state index contributed by atoms with van der Waals surface area (Å²) in [5.74, 6) is 3.24. The molecule has 9 heteroatoms. The second-order valence-electron chi connectivity index (χ2n) is 5.41. The molecule has 1 N–H and O–H groups in total. The zero-order valence-corrected chi connectivity index (χ0v) is 14.1. The molecule has 2 aromatic rings. The van der Waals surface area contributed by atoms with Gasteiger partial charge in [-0.1, -0.05) is 11.8 Å². The van der Waals surface area contributed by atoms with Crippen LogP contribution in [-0.2, 0) is 11.2 Å². The van der Waals surface area contributed by atoms with Crippen molar-refractivity contribution in [2.24, 2.45) is 0 Å². The number of fused-ring (bicyclic) bond motifs is 1. The van der Waals surface area contributed by atoms with Crippen LogP contribution in [0.5, 0.6) is 11.5 Å². The number of aliphatic hydroxyl groups excluding tert-OH is 1. The summed E-state index contributed by atoms with van der Waals surface area (Å²) in [7, 11) is 0. The predicted molar refractivity (Wildman–Crippen MR) is 86.8 cm³/mol. The second kappa shape index (κ2) is 7.12. The number of nitriles is 1. The molecule has 2 aromatic carbocycles. The number of rotatable bonds is 2. The summed E-state index contributed by atoms with van der Waals surface area (Å²) in [4.78, 5) is -0.347. The Labute approximate surface area is 154 Å². The summed E-state index contributed by atoms with van der Waals surface area (Å²) in [5, 5.41) is 14.9. The summed E-state index contributed by atoms with van der Waals surface area (Å²) < 4.78 is 71.3. The van der Waals surface area contributed by atoms with Crippen molar-refractivity contribution in [3.63, 3.8) is 0 Å². The topological polar surface area (TPSA) is 76.3 Å². The molecule has 1 aliphatic rings. The molecule has 2 unspecified atom stereocenters. The van der Waals surface area contributed by atoms with E-state index >= 15 is 0 Å². The molecule has 3 rings (SSSR count). The summed E-state index contributed by atoms with van der Waals surface area (Å²) in [6, 6.07) is 7.07. The minimum absolute atomic E-state index is 0.0461. The van der Waals surface area contributed by atoms with Crippen molar-refractivity contribution >= 4 is 11.2 Å². The van der Waals surface area contributed by atoms with Gasteiger partial charge < -0.3 is 14.4 Å². The molecular formula is C18H9F4NO3S. The van der Waals surface area contributed by atoms with Crippen molar-refractivity contribution < 1.29 is 32.0 Å². The van der Waals surface area contributed by atoms with Gasteiger partial charge in [-0.15, -0.1) is 0 Å². The largest absolute Gasteiger partial charge is 0.607 e. The number of alkyl halides is 3. The quantitative estimate of drug-likeness (QED) is 0.479. The Morgan fingerprint density at radius 1 is 1.30 bits per heavy atom. The highest BCUT2D eigenvalue weighted by Crippen LogP contribution is 2.51. The van der Waals surface area contributed by atoms with Gasteiger partial charge in [0.15, 0.2) is 11.6 Å². The molecule has 0 bridgehead atoms. The van der Waals surface area contributed by atoms with Crippen LogP contribution in [-0.4, -0.2) is 21.6 Å². The van der Waals surface area contributed by atoms with E-state index in [2.05, 4.69) is 5.92 Å². The normalized spacial score (nSPS) is 19.6. The first kappa shape index (κ1) is 19.1. The lowest BCUT2D eigenvalue weighted by Gasteiger charge is -2.14. The van der Waals surface area contributed by atoms with Gasteiger partial charge in [-0.05, 0) is 24.3 Å². The van der Waals surface area contributed by atoms with E-state index in [4.69, 9.17) is 10.00 Å². The zero-order chi connectivity index (χ0) is 19.8. The maximum absolute atomic E-state index is 13.9. The van der Waals surface area contributed by atoms with Crippen molar-refractivity contribution in [3.05, 3.63) is 52.8 Å². The van der Waals surface area contributed by atoms with Gasteiger partial charge >= 0.3 is 5.25 Å². The highest BCUT2D eigenvalue weighted by atomic mass is 32.2. The maximum Gasteiger partial charge on any atom is 0.442 e. The molecule has 0 saturated heterocycles. The number of ether oxygens (including phenoxy) is 1. The van der Waals surface area contributed by atoms with Crippen LogP contribution in [0.3, 0.4) is 0 Å². The molecule has 1 heterocycles. The van der Waals surface area contributed by atoms with E-state index in [0.717, 1.165) is 24.3 Å². The molecule has 0 spiro atoms. The molecule has 0 saturated carbocycles. The minimum Gasteiger partial charge on any atom is -0.607 e. The lowest BCUT2D eigenvalue weighted by molar-refractivity contribution is -0.0377. The molecule has 0 radical (unpaired) electrons. The Morgan fingerprint density at radius 3 is 2.70 bits per heavy atom. The first-order valence-corrected chi connectivity index (χ1v) is 8.52. The average Bonchev–Trinajstić information content (AvgIpc) is 2.81. The van der Waals surface area contributed by atoms with Crippen molar-refractivity contribution in [3.8, 4) is 29.4 Å². The minimum atomic E-state index is -3.94. The van der Waals surface area contributed by atoms with Gasteiger partial charge in [-0.25, -0.2) is 8.78 Å². The van der Waals surface area contributed by atoms with Crippen LogP contribution < -0.4 is 4.74 Å². The van der Waals surface area contributed by atoms with Crippen LogP contribution in [0, 0.1) is 29.0 Å². The fourth-order valence-corrected chi connectivity index (χ4v) is 3.80. The van der Waals surface area contributed by atoms with Crippen LogP contribution in [0.1, 0.15) is 22.8 Å². The van der Waals surface area contributed by atoms with Crippen molar-refractivity contribution in [1.29, 1.82) is 5.26 Å². The third kappa shape index (κ3) is 3.33. The fraction of sp³-hybridized carbons (Fsp3) is 0.167. The van der Waals surface area contributed by atoms with Crippen LogP contribution >= 0.6 is 0 Å². The van der Waals surface area contributed by atoms with Crippen LogP contribution in [0.2, 0.25) is 0 Å². The van der Waals surface area contributed by atoms with Crippen LogP contribution in [0.4, 0.5) is 17.6 Å². The molecule has 0 fully saturated rings. The first-order chi connectivity index (χ1) is 12.8. The zero-order valence-electron chi connectivity index (χ0n) is 13.3. The lowest BCUT2D eigenvalue weighted by Crippen LogP contribution is -2.28. The molecule has 27 heavy (non-hydrogen) atoms. The number of benzene rings is 2. The Hall–Kier alpha value is -2.72. The second-order valence-corrected chi connectivity index (χ2v) is 6.93. The molecule has 0 aromatic heterocycles. The molecule has 0 amide bonds. The van der Waals surface area contributed by atoms with Crippen molar-refractivity contribution in [2.75, 3.05) is 6.67 Å². The Kier molecular flexibility index (Phi) is 5.03. The molecular weight excluding hydrogens is 386 g/mol. The van der Waals surface area contributed by atoms with Crippen LogP contribution in [0.25, 0.3) is 0 Å². The van der Waals surface area contributed by atoms with E-state index in [0.29, 0.717) is 0 Å². The third-order valence-electron chi connectivity index (χ3n) is 3.71. The smallest absolute Gasteiger partial charge is 0.442 e. The van der Waals surface area contributed by atoms with Gasteiger partial charge in [0.2, 0.25) is 6.10 Å². The number of hydrogen-bond donors (Lipinski definition) is 1. The number of halogens is 4. The number of aliphatic hydroxyl groups is 1. The number of hydrogen-bond acceptors (Lipinski definition) is 4. The highest BCUT2D eigenvalue weighted by molar-refractivity contribution is 7.92. The van der Waals surface area contributed by atoms with Crippen molar-refractivity contribution in [1.82, 2.24) is 0 Å². The Bertz CT molecular complexity index is 1010. The van der Waals surface area contributed by atoms with Crippen molar-refractivity contribution in [2.45, 2.75) is 16.3 Å². The predicted octanol–water partition coefficient (Wildman–Crippen LogP) is 3.56. The average molecular weight is 395 g/mol. The SMILES string of the molecule is N#Cc1cc(F)cc(Oc2ccc3c(c2C#CCF)C(O)C(F)(F)[S+]3[O-])c1. The van der Waals surface area contributed by atoms with E-state index in [1.165, 1.54) is 6.07 Å². The Balaban J connectivity index is 2.15. The molecule has 138 valence electrons. The van der Waals surface area contributed by atoms with Gasteiger partial charge in [0.25, 0.3) is 0 Å². The highest BCUT2D eigenvalue weighted by Gasteiger charge is 2.61. The first-order valence-electron chi connectivity index (χ1n) is 7.37. The standard InChI is InChI=1S/C18H9F4NO3S/c19-5-1-2-13-14(26-12-7-10(9-23)6-11(20)8-12)3-4-15-16(13)17(24)18(21,22)27(15)25/h3-4,6-8,17,24H,5H2. The summed E-state index contributed by atoms with van der Waals surface area (Å²) in [6.45, 7) is -1.10. The monoisotopic (exact) mass is 395 g/mol.